The van der Waals surface area contributed by atoms with Gasteiger partial charge in [0.1, 0.15) is 0 Å². The van der Waals surface area contributed by atoms with Crippen molar-refractivity contribution in [3.05, 3.63) is 250 Å². The fourth-order valence-electron chi connectivity index (χ4n) is 7.53. The molecule has 252 valence electrons. The summed E-state index contributed by atoms with van der Waals surface area (Å²) >= 11 is 0. The third kappa shape index (κ3) is 6.45. The molecule has 53 heavy (non-hydrogen) atoms. The van der Waals surface area contributed by atoms with Crippen molar-refractivity contribution in [3.8, 4) is 0 Å². The van der Waals surface area contributed by atoms with Gasteiger partial charge in [0.25, 0.3) is 0 Å². The fraction of sp³-hybridized carbons (Fsp3) is 0.0400. The maximum absolute atomic E-state index is 5.35. The van der Waals surface area contributed by atoms with Gasteiger partial charge in [-0.2, -0.15) is 0 Å². The Morgan fingerprint density at radius 3 is 1.09 bits per heavy atom. The smallest absolute Gasteiger partial charge is 0.0737 e. The summed E-state index contributed by atoms with van der Waals surface area (Å²) in [6.45, 7) is 0. The van der Waals surface area contributed by atoms with Gasteiger partial charge in [0.15, 0.2) is 0 Å². The van der Waals surface area contributed by atoms with Crippen LogP contribution in [0.15, 0.2) is 227 Å². The molecule has 0 unspecified atom stereocenters. The fourth-order valence-corrected chi connectivity index (χ4v) is 7.53. The highest BCUT2D eigenvalue weighted by Crippen LogP contribution is 2.36. The van der Waals surface area contributed by atoms with Crippen molar-refractivity contribution in [1.82, 2.24) is 4.98 Å². The largest absolute Gasteiger partial charge is 0.354 e. The molecule has 4 aliphatic rings. The maximum Gasteiger partial charge on any atom is 0.0737 e. The van der Waals surface area contributed by atoms with Gasteiger partial charge >= 0.3 is 0 Å². The summed E-state index contributed by atoms with van der Waals surface area (Å²) in [5.41, 5.74) is 15.4. The molecular formula is C50H37N3. The number of H-pyrrole nitrogens is 1. The molecule has 1 N–H and O–H groups in total. The molecule has 0 amide bonds. The second kappa shape index (κ2) is 14.4. The van der Waals surface area contributed by atoms with Crippen LogP contribution < -0.4 is 10.7 Å². The number of hydrogen-bond acceptors (Lipinski definition) is 2. The molecule has 0 fully saturated rings. The number of allylic oxidation sites excluding steroid dienone is 14. The van der Waals surface area contributed by atoms with Gasteiger partial charge in [-0.05, 0) is 82.7 Å². The Morgan fingerprint density at radius 2 is 0.755 bits per heavy atom. The maximum atomic E-state index is 5.35. The first kappa shape index (κ1) is 32.1. The van der Waals surface area contributed by atoms with E-state index in [1.807, 2.05) is 0 Å². The van der Waals surface area contributed by atoms with E-state index in [1.54, 1.807) is 0 Å². The molecule has 5 aromatic rings. The highest BCUT2D eigenvalue weighted by molar-refractivity contribution is 6.31. The summed E-state index contributed by atoms with van der Waals surface area (Å²) in [5, 5.41) is 2.00. The SMILES string of the molecule is C1=CCC(/C(=C2\C=CC(C(/c3ccccc3)=c3/cc/c(=C(C4=N/C(=C(/C5=CC=CC5)c5ccccc5)C=C4)\c4ccccc4)[nH]3)=N2)c2ccccc2)=C1. The van der Waals surface area contributed by atoms with Gasteiger partial charge in [0.2, 0.25) is 0 Å². The molecule has 0 spiro atoms. The Bertz CT molecular complexity index is 2470. The van der Waals surface area contributed by atoms with Crippen LogP contribution in [-0.2, 0) is 0 Å². The van der Waals surface area contributed by atoms with E-state index in [2.05, 4.69) is 199 Å². The summed E-state index contributed by atoms with van der Waals surface area (Å²) in [4.78, 5) is 14.5. The van der Waals surface area contributed by atoms with E-state index in [0.29, 0.717) is 0 Å². The summed E-state index contributed by atoms with van der Waals surface area (Å²) in [6, 6.07) is 46.7. The topological polar surface area (TPSA) is 40.5 Å². The third-order valence-corrected chi connectivity index (χ3v) is 9.96. The van der Waals surface area contributed by atoms with E-state index >= 15 is 0 Å². The Kier molecular flexibility index (Phi) is 8.73. The van der Waals surface area contributed by atoms with Crippen LogP contribution in [0.4, 0.5) is 0 Å². The number of nitrogens with zero attached hydrogens (tertiary/aromatic N) is 2. The van der Waals surface area contributed by atoms with Crippen molar-refractivity contribution in [2.24, 2.45) is 9.98 Å². The normalized spacial score (nSPS) is 18.9. The summed E-state index contributed by atoms with van der Waals surface area (Å²) in [6.07, 6.45) is 23.6. The Balaban J connectivity index is 1.24. The zero-order valence-corrected chi connectivity index (χ0v) is 29.3. The van der Waals surface area contributed by atoms with E-state index < -0.39 is 0 Å². The predicted molar refractivity (Wildman–Crippen MR) is 222 cm³/mol. The summed E-state index contributed by atoms with van der Waals surface area (Å²) < 4.78 is 0. The van der Waals surface area contributed by atoms with E-state index in [1.165, 1.54) is 33.4 Å². The molecule has 0 atom stereocenters. The highest BCUT2D eigenvalue weighted by Gasteiger charge is 2.22. The monoisotopic (exact) mass is 679 g/mol. The standard InChI is InChI=1S/C50H37N3/c1-5-17-35(18-6-1)47(37-25-13-14-26-37)41-29-31-43(51-41)49(39-21-9-3-10-22-39)45-33-34-46(53-45)50(40-23-11-4-12-24-40)44-32-30-42(52-44)48(38-27-15-16-28-38)36-19-7-2-8-20-36/h1-25,27,29-34,53H,26,28H2/b47-41+,48-42+,49-45-,50-46-. The molecule has 0 radical (unpaired) electrons. The molecule has 3 nitrogen and oxygen atoms in total. The van der Waals surface area contributed by atoms with Crippen LogP contribution in [0.25, 0.3) is 22.3 Å². The Morgan fingerprint density at radius 1 is 0.396 bits per heavy atom. The minimum Gasteiger partial charge on any atom is -0.354 e. The first-order valence-electron chi connectivity index (χ1n) is 18.2. The van der Waals surface area contributed by atoms with E-state index in [4.69, 9.17) is 9.98 Å². The zero-order valence-electron chi connectivity index (χ0n) is 29.3. The summed E-state index contributed by atoms with van der Waals surface area (Å²) in [5.74, 6) is 0. The van der Waals surface area contributed by atoms with Crippen LogP contribution in [0.2, 0.25) is 0 Å². The van der Waals surface area contributed by atoms with Crippen LogP contribution in [0, 0.1) is 0 Å². The number of aliphatic imine (C=N–C) groups is 2. The lowest BCUT2D eigenvalue weighted by Gasteiger charge is -2.12. The average molecular weight is 680 g/mol. The quantitative estimate of drug-likeness (QED) is 0.170. The highest BCUT2D eigenvalue weighted by atomic mass is 14.8. The molecule has 0 saturated carbocycles. The average Bonchev–Trinajstić information content (AvgIpc) is 4.07. The molecular weight excluding hydrogens is 643 g/mol. The first-order chi connectivity index (χ1) is 26.3. The number of nitrogens with one attached hydrogen (secondary N) is 1. The van der Waals surface area contributed by atoms with Crippen LogP contribution in [0.3, 0.4) is 0 Å². The van der Waals surface area contributed by atoms with Gasteiger partial charge in [-0.1, -0.05) is 158 Å². The lowest BCUT2D eigenvalue weighted by Crippen LogP contribution is -2.21. The van der Waals surface area contributed by atoms with Crippen LogP contribution in [-0.4, -0.2) is 16.4 Å². The minimum atomic E-state index is 0.899. The second-order valence-corrected chi connectivity index (χ2v) is 13.3. The van der Waals surface area contributed by atoms with E-state index in [-0.39, 0.29) is 0 Å². The van der Waals surface area contributed by atoms with Gasteiger partial charge < -0.3 is 4.98 Å². The molecule has 3 heterocycles. The summed E-state index contributed by atoms with van der Waals surface area (Å²) in [7, 11) is 0. The molecule has 0 saturated heterocycles. The van der Waals surface area contributed by atoms with Gasteiger partial charge in [-0.3, -0.25) is 0 Å². The van der Waals surface area contributed by atoms with Gasteiger partial charge in [0, 0.05) is 33.0 Å². The molecule has 4 aromatic carbocycles. The van der Waals surface area contributed by atoms with E-state index in [0.717, 1.165) is 68.6 Å². The number of benzene rings is 4. The molecule has 0 bridgehead atoms. The lowest BCUT2D eigenvalue weighted by molar-refractivity contribution is 1.25. The number of hydrogen-bond donors (Lipinski definition) is 1. The number of aromatic nitrogens is 1. The minimum absolute atomic E-state index is 0.899. The van der Waals surface area contributed by atoms with Gasteiger partial charge in [-0.25, -0.2) is 9.98 Å². The van der Waals surface area contributed by atoms with Crippen molar-refractivity contribution in [3.63, 3.8) is 0 Å². The molecule has 2 aliphatic heterocycles. The third-order valence-electron chi connectivity index (χ3n) is 9.96. The number of aromatic amines is 1. The van der Waals surface area contributed by atoms with Crippen molar-refractivity contribution < 1.29 is 0 Å². The van der Waals surface area contributed by atoms with Gasteiger partial charge in [-0.15, -0.1) is 0 Å². The van der Waals surface area contributed by atoms with E-state index in [9.17, 15) is 0 Å². The van der Waals surface area contributed by atoms with Crippen molar-refractivity contribution in [1.29, 1.82) is 0 Å². The lowest BCUT2D eigenvalue weighted by atomic mass is 9.95. The predicted octanol–water partition coefficient (Wildman–Crippen LogP) is 10.0. The number of rotatable bonds is 8. The Hall–Kier alpha value is -6.84. The molecule has 9 rings (SSSR count). The van der Waals surface area contributed by atoms with Crippen molar-refractivity contribution in [2.75, 3.05) is 0 Å². The Labute approximate surface area is 310 Å². The van der Waals surface area contributed by atoms with Gasteiger partial charge in [0.05, 0.1) is 22.8 Å². The molecule has 1 aromatic heterocycles. The van der Waals surface area contributed by atoms with Crippen molar-refractivity contribution >= 4 is 33.7 Å². The second-order valence-electron chi connectivity index (χ2n) is 13.3. The molecule has 2 aliphatic carbocycles. The first-order valence-corrected chi connectivity index (χ1v) is 18.2. The van der Waals surface area contributed by atoms with Crippen LogP contribution in [0.1, 0.15) is 35.1 Å². The van der Waals surface area contributed by atoms with Crippen LogP contribution in [0.5, 0.6) is 0 Å². The van der Waals surface area contributed by atoms with Crippen LogP contribution >= 0.6 is 0 Å². The zero-order chi connectivity index (χ0) is 35.4. The molecule has 3 heteroatoms. The van der Waals surface area contributed by atoms with Crippen molar-refractivity contribution in [2.45, 2.75) is 12.8 Å².